The van der Waals surface area contributed by atoms with Gasteiger partial charge in [-0.3, -0.25) is 0 Å². The Balaban J connectivity index is 2.04. The smallest absolute Gasteiger partial charge is 0.0472 e. The molecule has 0 aromatic heterocycles. The number of hydrogen-bond donors (Lipinski definition) is 2. The SMILES string of the molecule is OC[C@H]1CN[C@@H](c2ccccc2)C1. The van der Waals surface area contributed by atoms with Crippen molar-refractivity contribution >= 4 is 0 Å². The lowest BCUT2D eigenvalue weighted by Gasteiger charge is -2.09. The van der Waals surface area contributed by atoms with E-state index in [1.54, 1.807) is 0 Å². The first-order chi connectivity index (χ1) is 6.40. The van der Waals surface area contributed by atoms with Crippen molar-refractivity contribution < 1.29 is 5.11 Å². The molecule has 2 rings (SSSR count). The van der Waals surface area contributed by atoms with Crippen molar-refractivity contribution in [3.63, 3.8) is 0 Å². The van der Waals surface area contributed by atoms with Gasteiger partial charge in [-0.05, 0) is 17.9 Å². The van der Waals surface area contributed by atoms with E-state index in [1.165, 1.54) is 5.56 Å². The van der Waals surface area contributed by atoms with E-state index < -0.39 is 0 Å². The van der Waals surface area contributed by atoms with Crippen LogP contribution in [0.5, 0.6) is 0 Å². The lowest BCUT2D eigenvalue weighted by atomic mass is 10.0. The number of aliphatic hydroxyl groups excluding tert-OH is 1. The fourth-order valence-electron chi connectivity index (χ4n) is 1.89. The quantitative estimate of drug-likeness (QED) is 0.714. The lowest BCUT2D eigenvalue weighted by molar-refractivity contribution is 0.236. The van der Waals surface area contributed by atoms with Gasteiger partial charge < -0.3 is 10.4 Å². The molecule has 0 aliphatic carbocycles. The second-order valence-corrected chi connectivity index (χ2v) is 3.66. The topological polar surface area (TPSA) is 32.3 Å². The summed E-state index contributed by atoms with van der Waals surface area (Å²) in [5.41, 5.74) is 1.33. The summed E-state index contributed by atoms with van der Waals surface area (Å²) in [4.78, 5) is 0. The number of aliphatic hydroxyl groups is 1. The van der Waals surface area contributed by atoms with Crippen LogP contribution < -0.4 is 5.32 Å². The van der Waals surface area contributed by atoms with Crippen molar-refractivity contribution in [2.24, 2.45) is 5.92 Å². The first-order valence-corrected chi connectivity index (χ1v) is 4.79. The van der Waals surface area contributed by atoms with Gasteiger partial charge in [0.15, 0.2) is 0 Å². The molecule has 2 atom stereocenters. The van der Waals surface area contributed by atoms with Gasteiger partial charge in [0, 0.05) is 19.2 Å². The Bertz CT molecular complexity index is 260. The van der Waals surface area contributed by atoms with Crippen LogP contribution in [0.4, 0.5) is 0 Å². The molecule has 0 spiro atoms. The molecule has 2 nitrogen and oxygen atoms in total. The Morgan fingerprint density at radius 1 is 1.31 bits per heavy atom. The van der Waals surface area contributed by atoms with Crippen molar-refractivity contribution in [1.29, 1.82) is 0 Å². The average molecular weight is 177 g/mol. The highest BCUT2D eigenvalue weighted by molar-refractivity contribution is 5.19. The Morgan fingerprint density at radius 3 is 2.69 bits per heavy atom. The maximum absolute atomic E-state index is 8.99. The molecule has 1 fully saturated rings. The maximum Gasteiger partial charge on any atom is 0.0472 e. The second kappa shape index (κ2) is 3.90. The van der Waals surface area contributed by atoms with Gasteiger partial charge in [0.25, 0.3) is 0 Å². The van der Waals surface area contributed by atoms with Gasteiger partial charge in [0.05, 0.1) is 0 Å². The summed E-state index contributed by atoms with van der Waals surface area (Å²) < 4.78 is 0. The van der Waals surface area contributed by atoms with E-state index in [0.29, 0.717) is 18.6 Å². The van der Waals surface area contributed by atoms with Crippen molar-refractivity contribution in [3.05, 3.63) is 35.9 Å². The summed E-state index contributed by atoms with van der Waals surface area (Å²) in [5, 5.41) is 12.4. The number of rotatable bonds is 2. The van der Waals surface area contributed by atoms with Gasteiger partial charge in [0.1, 0.15) is 0 Å². The number of hydrogen-bond acceptors (Lipinski definition) is 2. The molecular weight excluding hydrogens is 162 g/mol. The van der Waals surface area contributed by atoms with Gasteiger partial charge in [-0.2, -0.15) is 0 Å². The van der Waals surface area contributed by atoms with E-state index >= 15 is 0 Å². The van der Waals surface area contributed by atoms with E-state index in [1.807, 2.05) is 6.07 Å². The predicted octanol–water partition coefficient (Wildman–Crippen LogP) is 1.33. The fourth-order valence-corrected chi connectivity index (χ4v) is 1.89. The van der Waals surface area contributed by atoms with Crippen molar-refractivity contribution in [2.45, 2.75) is 12.5 Å². The lowest BCUT2D eigenvalue weighted by Crippen LogP contribution is -2.14. The first kappa shape index (κ1) is 8.73. The van der Waals surface area contributed by atoms with Crippen LogP contribution in [0, 0.1) is 5.92 Å². The third-order valence-corrected chi connectivity index (χ3v) is 2.68. The fraction of sp³-hybridized carbons (Fsp3) is 0.455. The standard InChI is InChI=1S/C11H15NO/c13-8-9-6-11(12-7-9)10-4-2-1-3-5-10/h1-5,9,11-13H,6-8H2/t9-,11-/m1/s1. The molecule has 2 N–H and O–H groups in total. The van der Waals surface area contributed by atoms with Crippen LogP contribution in [0.2, 0.25) is 0 Å². The first-order valence-electron chi connectivity index (χ1n) is 4.79. The third kappa shape index (κ3) is 1.90. The summed E-state index contributed by atoms with van der Waals surface area (Å²) in [6.45, 7) is 1.24. The van der Waals surface area contributed by atoms with E-state index in [2.05, 4.69) is 29.6 Å². The zero-order chi connectivity index (χ0) is 9.10. The number of nitrogens with one attached hydrogen (secondary N) is 1. The minimum Gasteiger partial charge on any atom is -0.396 e. The van der Waals surface area contributed by atoms with Gasteiger partial charge in [-0.25, -0.2) is 0 Å². The largest absolute Gasteiger partial charge is 0.396 e. The molecule has 0 saturated carbocycles. The van der Waals surface area contributed by atoms with Crippen LogP contribution in [0.1, 0.15) is 18.0 Å². The maximum atomic E-state index is 8.99. The van der Waals surface area contributed by atoms with Crippen molar-refractivity contribution in [2.75, 3.05) is 13.2 Å². The average Bonchev–Trinajstić information content (AvgIpc) is 2.67. The monoisotopic (exact) mass is 177 g/mol. The summed E-state index contributed by atoms with van der Waals surface area (Å²) in [6, 6.07) is 10.9. The van der Waals surface area contributed by atoms with Crippen LogP contribution in [0.15, 0.2) is 30.3 Å². The highest BCUT2D eigenvalue weighted by atomic mass is 16.3. The molecule has 1 saturated heterocycles. The summed E-state index contributed by atoms with van der Waals surface area (Å²) in [6.07, 6.45) is 1.06. The molecule has 2 heteroatoms. The zero-order valence-corrected chi connectivity index (χ0v) is 7.61. The van der Waals surface area contributed by atoms with Crippen LogP contribution in [-0.4, -0.2) is 18.3 Å². The molecule has 70 valence electrons. The van der Waals surface area contributed by atoms with E-state index in [-0.39, 0.29) is 0 Å². The van der Waals surface area contributed by atoms with E-state index in [9.17, 15) is 0 Å². The molecular formula is C11H15NO. The Labute approximate surface area is 78.6 Å². The van der Waals surface area contributed by atoms with Crippen LogP contribution in [0.3, 0.4) is 0 Å². The van der Waals surface area contributed by atoms with Gasteiger partial charge in [-0.1, -0.05) is 30.3 Å². The molecule has 13 heavy (non-hydrogen) atoms. The normalized spacial score (nSPS) is 27.8. The second-order valence-electron chi connectivity index (χ2n) is 3.66. The van der Waals surface area contributed by atoms with Crippen LogP contribution in [0.25, 0.3) is 0 Å². The molecule has 1 aliphatic heterocycles. The Hall–Kier alpha value is -0.860. The Morgan fingerprint density at radius 2 is 2.08 bits per heavy atom. The molecule has 0 bridgehead atoms. The Kier molecular flexibility index (Phi) is 2.62. The molecule has 1 aromatic rings. The summed E-state index contributed by atoms with van der Waals surface area (Å²) in [5.74, 6) is 0.435. The van der Waals surface area contributed by atoms with E-state index in [4.69, 9.17) is 5.11 Å². The third-order valence-electron chi connectivity index (χ3n) is 2.68. The molecule has 0 unspecified atom stereocenters. The highest BCUT2D eigenvalue weighted by Gasteiger charge is 2.23. The molecule has 1 heterocycles. The van der Waals surface area contributed by atoms with E-state index in [0.717, 1.165) is 13.0 Å². The summed E-state index contributed by atoms with van der Waals surface area (Å²) in [7, 11) is 0. The zero-order valence-electron chi connectivity index (χ0n) is 7.61. The van der Waals surface area contributed by atoms with Crippen molar-refractivity contribution in [1.82, 2.24) is 5.32 Å². The number of benzene rings is 1. The molecule has 0 amide bonds. The van der Waals surface area contributed by atoms with Gasteiger partial charge in [0.2, 0.25) is 0 Å². The van der Waals surface area contributed by atoms with Gasteiger partial charge in [-0.15, -0.1) is 0 Å². The molecule has 1 aromatic carbocycles. The molecule has 0 radical (unpaired) electrons. The van der Waals surface area contributed by atoms with Crippen molar-refractivity contribution in [3.8, 4) is 0 Å². The minimum absolute atomic E-state index is 0.302. The van der Waals surface area contributed by atoms with Gasteiger partial charge >= 0.3 is 0 Å². The predicted molar refractivity (Wildman–Crippen MR) is 52.4 cm³/mol. The minimum atomic E-state index is 0.302. The van der Waals surface area contributed by atoms with Crippen LogP contribution in [-0.2, 0) is 0 Å². The molecule has 1 aliphatic rings. The van der Waals surface area contributed by atoms with Crippen LogP contribution >= 0.6 is 0 Å². The highest BCUT2D eigenvalue weighted by Crippen LogP contribution is 2.26. The summed E-state index contributed by atoms with van der Waals surface area (Å²) >= 11 is 0.